The smallest absolute Gasteiger partial charge is 0.240 e. The van der Waals surface area contributed by atoms with Crippen molar-refractivity contribution < 1.29 is 18.7 Å². The third-order valence-corrected chi connectivity index (χ3v) is 5.59. The molecule has 3 aromatic carbocycles. The van der Waals surface area contributed by atoms with Crippen LogP contribution in [0.25, 0.3) is 0 Å². The van der Waals surface area contributed by atoms with Crippen LogP contribution in [0.5, 0.6) is 17.2 Å². The lowest BCUT2D eigenvalue weighted by molar-refractivity contribution is -0.119. The number of hydrogen-bond donors (Lipinski definition) is 1. The molecule has 1 aliphatic rings. The standard InChI is InChI=1S/C25H25FN2O3/c1-30-23-4-2-3-17(14-23)13-18-15-24(25(27)29)28(16-18)20-7-11-22(12-8-20)31-21-9-5-19(26)6-10-21/h2-12,14,18,24H,13,15-16H2,1H3,(H2,27,29). The van der Waals surface area contributed by atoms with Crippen LogP contribution in [0, 0.1) is 11.7 Å². The first-order valence-electron chi connectivity index (χ1n) is 10.2. The first-order valence-corrected chi connectivity index (χ1v) is 10.2. The van der Waals surface area contributed by atoms with Crippen molar-refractivity contribution in [1.82, 2.24) is 0 Å². The first-order chi connectivity index (χ1) is 15.0. The summed E-state index contributed by atoms with van der Waals surface area (Å²) in [5.41, 5.74) is 7.81. The Morgan fingerprint density at radius 3 is 2.35 bits per heavy atom. The zero-order chi connectivity index (χ0) is 21.8. The van der Waals surface area contributed by atoms with Gasteiger partial charge in [-0.2, -0.15) is 0 Å². The lowest BCUT2D eigenvalue weighted by Crippen LogP contribution is -2.40. The van der Waals surface area contributed by atoms with Gasteiger partial charge in [0.05, 0.1) is 7.11 Å². The molecule has 0 aromatic heterocycles. The summed E-state index contributed by atoms with van der Waals surface area (Å²) in [6.07, 6.45) is 1.56. The number of halogens is 1. The van der Waals surface area contributed by atoms with E-state index in [0.29, 0.717) is 23.8 Å². The maximum atomic E-state index is 13.1. The summed E-state index contributed by atoms with van der Waals surface area (Å²) in [5, 5.41) is 0. The van der Waals surface area contributed by atoms with Crippen LogP contribution >= 0.6 is 0 Å². The molecule has 2 atom stereocenters. The van der Waals surface area contributed by atoms with Crippen LogP contribution in [0.3, 0.4) is 0 Å². The van der Waals surface area contributed by atoms with Crippen molar-refractivity contribution in [3.05, 3.63) is 84.2 Å². The largest absolute Gasteiger partial charge is 0.497 e. The van der Waals surface area contributed by atoms with Crippen LogP contribution < -0.4 is 20.1 Å². The molecule has 1 fully saturated rings. The number of benzene rings is 3. The van der Waals surface area contributed by atoms with Crippen molar-refractivity contribution in [2.24, 2.45) is 11.7 Å². The number of amides is 1. The van der Waals surface area contributed by atoms with Crippen molar-refractivity contribution in [3.8, 4) is 17.2 Å². The Balaban J connectivity index is 1.46. The summed E-state index contributed by atoms with van der Waals surface area (Å²) in [7, 11) is 1.66. The first kappa shape index (κ1) is 20.7. The van der Waals surface area contributed by atoms with Crippen molar-refractivity contribution in [2.45, 2.75) is 18.9 Å². The number of ether oxygens (including phenoxy) is 2. The summed E-state index contributed by atoms with van der Waals surface area (Å²) in [6.45, 7) is 0.739. The molecule has 6 heteroatoms. The molecule has 0 radical (unpaired) electrons. The number of carbonyl (C=O) groups excluding carboxylic acids is 1. The molecule has 3 aromatic rings. The van der Waals surface area contributed by atoms with Crippen LogP contribution in [0.15, 0.2) is 72.8 Å². The summed E-state index contributed by atoms with van der Waals surface area (Å²) in [4.78, 5) is 14.2. The van der Waals surface area contributed by atoms with Gasteiger partial charge < -0.3 is 20.1 Å². The summed E-state index contributed by atoms with van der Waals surface area (Å²) >= 11 is 0. The minimum atomic E-state index is -0.348. The number of anilines is 1. The van der Waals surface area contributed by atoms with Gasteiger partial charge >= 0.3 is 0 Å². The fourth-order valence-electron chi connectivity index (χ4n) is 4.10. The van der Waals surface area contributed by atoms with E-state index in [1.54, 1.807) is 19.2 Å². The van der Waals surface area contributed by atoms with Crippen molar-refractivity contribution in [3.63, 3.8) is 0 Å². The monoisotopic (exact) mass is 420 g/mol. The van der Waals surface area contributed by atoms with Gasteiger partial charge in [-0.1, -0.05) is 12.1 Å². The van der Waals surface area contributed by atoms with Gasteiger partial charge in [-0.15, -0.1) is 0 Å². The molecule has 1 saturated heterocycles. The molecule has 0 bridgehead atoms. The number of carbonyl (C=O) groups is 1. The van der Waals surface area contributed by atoms with Crippen LogP contribution in [0.2, 0.25) is 0 Å². The molecule has 2 unspecified atom stereocenters. The van der Waals surface area contributed by atoms with Crippen molar-refractivity contribution in [2.75, 3.05) is 18.6 Å². The van der Waals surface area contributed by atoms with Gasteiger partial charge in [0.2, 0.25) is 5.91 Å². The fraction of sp³-hybridized carbons (Fsp3) is 0.240. The predicted octanol–water partition coefficient (Wildman–Crippen LogP) is 4.55. The Kier molecular flexibility index (Phi) is 6.07. The average Bonchev–Trinajstić information content (AvgIpc) is 3.20. The molecule has 31 heavy (non-hydrogen) atoms. The Bertz CT molecular complexity index is 1040. The lowest BCUT2D eigenvalue weighted by Gasteiger charge is -2.24. The zero-order valence-corrected chi connectivity index (χ0v) is 17.3. The molecule has 1 heterocycles. The summed E-state index contributed by atoms with van der Waals surface area (Å²) < 4.78 is 24.1. The van der Waals surface area contributed by atoms with E-state index in [9.17, 15) is 9.18 Å². The third-order valence-electron chi connectivity index (χ3n) is 5.59. The number of nitrogens with zero attached hydrogens (tertiary/aromatic N) is 1. The minimum absolute atomic E-state index is 0.305. The highest BCUT2D eigenvalue weighted by molar-refractivity contribution is 5.84. The van der Waals surface area contributed by atoms with E-state index in [1.807, 2.05) is 42.5 Å². The maximum absolute atomic E-state index is 13.1. The zero-order valence-electron chi connectivity index (χ0n) is 17.3. The number of primary amides is 1. The molecule has 2 N–H and O–H groups in total. The molecule has 4 rings (SSSR count). The summed E-state index contributed by atoms with van der Waals surface area (Å²) in [5.74, 6) is 1.70. The van der Waals surface area contributed by atoms with Gasteiger partial charge in [-0.05, 0) is 85.0 Å². The van der Waals surface area contributed by atoms with Gasteiger partial charge in [0.1, 0.15) is 29.1 Å². The molecule has 0 aliphatic carbocycles. The van der Waals surface area contributed by atoms with Crippen LogP contribution in [-0.2, 0) is 11.2 Å². The normalized spacial score (nSPS) is 18.1. The molecular formula is C25H25FN2O3. The minimum Gasteiger partial charge on any atom is -0.497 e. The van der Waals surface area contributed by atoms with E-state index >= 15 is 0 Å². The Labute approximate surface area is 181 Å². The summed E-state index contributed by atoms with van der Waals surface area (Å²) in [6, 6.07) is 21.0. The van der Waals surface area contributed by atoms with Gasteiger partial charge in [-0.25, -0.2) is 4.39 Å². The highest BCUT2D eigenvalue weighted by atomic mass is 19.1. The van der Waals surface area contributed by atoms with E-state index in [1.165, 1.54) is 17.7 Å². The Hall–Kier alpha value is -3.54. The number of nitrogens with two attached hydrogens (primary N) is 1. The lowest BCUT2D eigenvalue weighted by atomic mass is 9.96. The van der Waals surface area contributed by atoms with Crippen molar-refractivity contribution in [1.29, 1.82) is 0 Å². The second-order valence-electron chi connectivity index (χ2n) is 7.78. The van der Waals surface area contributed by atoms with E-state index in [4.69, 9.17) is 15.2 Å². The quantitative estimate of drug-likeness (QED) is 0.609. The average molecular weight is 420 g/mol. The third kappa shape index (κ3) is 4.97. The highest BCUT2D eigenvalue weighted by Crippen LogP contribution is 2.33. The van der Waals surface area contributed by atoms with Crippen LogP contribution in [0.1, 0.15) is 12.0 Å². The SMILES string of the molecule is COc1cccc(CC2CC(C(N)=O)N(c3ccc(Oc4ccc(F)cc4)cc3)C2)c1. The highest BCUT2D eigenvalue weighted by Gasteiger charge is 2.35. The van der Waals surface area contributed by atoms with E-state index < -0.39 is 0 Å². The molecule has 1 amide bonds. The number of methoxy groups -OCH3 is 1. The molecule has 1 aliphatic heterocycles. The predicted molar refractivity (Wildman–Crippen MR) is 118 cm³/mol. The topological polar surface area (TPSA) is 64.8 Å². The van der Waals surface area contributed by atoms with Crippen LogP contribution in [0.4, 0.5) is 10.1 Å². The van der Waals surface area contributed by atoms with E-state index in [-0.39, 0.29) is 17.8 Å². The molecule has 0 saturated carbocycles. The Morgan fingerprint density at radius 2 is 1.71 bits per heavy atom. The van der Waals surface area contributed by atoms with E-state index in [0.717, 1.165) is 24.4 Å². The molecule has 5 nitrogen and oxygen atoms in total. The van der Waals surface area contributed by atoms with Crippen molar-refractivity contribution >= 4 is 11.6 Å². The second-order valence-corrected chi connectivity index (χ2v) is 7.78. The molecular weight excluding hydrogens is 395 g/mol. The van der Waals surface area contributed by atoms with E-state index in [2.05, 4.69) is 11.0 Å². The molecule has 0 spiro atoms. The van der Waals surface area contributed by atoms with Gasteiger partial charge in [-0.3, -0.25) is 4.79 Å². The Morgan fingerprint density at radius 1 is 1.03 bits per heavy atom. The number of hydrogen-bond acceptors (Lipinski definition) is 4. The fourth-order valence-corrected chi connectivity index (χ4v) is 4.10. The van der Waals surface area contributed by atoms with Crippen LogP contribution in [-0.4, -0.2) is 25.6 Å². The van der Waals surface area contributed by atoms with Gasteiger partial charge in [0.15, 0.2) is 0 Å². The molecule has 160 valence electrons. The van der Waals surface area contributed by atoms with Gasteiger partial charge in [0, 0.05) is 12.2 Å². The maximum Gasteiger partial charge on any atom is 0.240 e. The second kappa shape index (κ2) is 9.08. The van der Waals surface area contributed by atoms with Gasteiger partial charge in [0.25, 0.3) is 0 Å². The number of rotatable bonds is 7.